The summed E-state index contributed by atoms with van der Waals surface area (Å²) in [5.74, 6) is 0.662. The standard InChI is InChI=1S/C16H30N2O2/c1-3-20-15(19)16(2,17)10-6-11-18-12-9-13-7-4-5-8-14(13)18/h13-14H,3-12,17H2,1-2H3. The van der Waals surface area contributed by atoms with Gasteiger partial charge in [-0.1, -0.05) is 12.8 Å². The number of nitrogens with two attached hydrogens (primary N) is 1. The fourth-order valence-electron chi connectivity index (χ4n) is 3.83. The van der Waals surface area contributed by atoms with E-state index in [1.807, 2.05) is 6.92 Å². The van der Waals surface area contributed by atoms with E-state index in [0.717, 1.165) is 24.9 Å². The van der Waals surface area contributed by atoms with E-state index in [2.05, 4.69) is 4.90 Å². The lowest BCUT2D eigenvalue weighted by molar-refractivity contribution is -0.149. The number of fused-ring (bicyclic) bond motifs is 1. The summed E-state index contributed by atoms with van der Waals surface area (Å²) in [6.45, 7) is 6.32. The molecule has 1 heterocycles. The van der Waals surface area contributed by atoms with Crippen LogP contribution >= 0.6 is 0 Å². The predicted octanol–water partition coefficient (Wildman–Crippen LogP) is 2.31. The molecule has 1 saturated heterocycles. The zero-order valence-electron chi connectivity index (χ0n) is 13.1. The van der Waals surface area contributed by atoms with Crippen LogP contribution < -0.4 is 5.73 Å². The first-order valence-electron chi connectivity index (χ1n) is 8.24. The van der Waals surface area contributed by atoms with Crippen LogP contribution in [0.15, 0.2) is 0 Å². The molecule has 20 heavy (non-hydrogen) atoms. The van der Waals surface area contributed by atoms with E-state index in [4.69, 9.17) is 10.5 Å². The van der Waals surface area contributed by atoms with Crippen molar-refractivity contribution in [3.05, 3.63) is 0 Å². The maximum Gasteiger partial charge on any atom is 0.325 e. The number of carbonyl (C=O) groups is 1. The number of rotatable bonds is 6. The topological polar surface area (TPSA) is 55.6 Å². The van der Waals surface area contributed by atoms with Crippen molar-refractivity contribution in [2.75, 3.05) is 19.7 Å². The Morgan fingerprint density at radius 3 is 2.85 bits per heavy atom. The molecular formula is C16H30N2O2. The molecule has 0 bridgehead atoms. The molecule has 3 unspecified atom stereocenters. The maximum atomic E-state index is 11.8. The lowest BCUT2D eigenvalue weighted by Crippen LogP contribution is -2.46. The molecule has 2 N–H and O–H groups in total. The van der Waals surface area contributed by atoms with E-state index in [9.17, 15) is 4.79 Å². The van der Waals surface area contributed by atoms with Gasteiger partial charge in [-0.15, -0.1) is 0 Å². The summed E-state index contributed by atoms with van der Waals surface area (Å²) in [5, 5.41) is 0. The molecule has 3 atom stereocenters. The number of esters is 1. The molecule has 2 rings (SSSR count). The molecule has 2 aliphatic rings. The maximum absolute atomic E-state index is 11.8. The van der Waals surface area contributed by atoms with Gasteiger partial charge in [-0.3, -0.25) is 4.79 Å². The second-order valence-corrected chi connectivity index (χ2v) is 6.68. The second kappa shape index (κ2) is 6.90. The molecule has 2 fully saturated rings. The van der Waals surface area contributed by atoms with E-state index >= 15 is 0 Å². The first kappa shape index (κ1) is 15.8. The summed E-state index contributed by atoms with van der Waals surface area (Å²) >= 11 is 0. The molecule has 4 nitrogen and oxygen atoms in total. The third-order valence-corrected chi connectivity index (χ3v) is 5.01. The summed E-state index contributed by atoms with van der Waals surface area (Å²) in [5.41, 5.74) is 5.24. The van der Waals surface area contributed by atoms with Crippen LogP contribution in [0.4, 0.5) is 0 Å². The number of likely N-dealkylation sites (tertiary alicyclic amines) is 1. The number of ether oxygens (including phenoxy) is 1. The summed E-state index contributed by atoms with van der Waals surface area (Å²) < 4.78 is 5.04. The van der Waals surface area contributed by atoms with Crippen molar-refractivity contribution in [2.24, 2.45) is 11.7 Å². The molecule has 0 aromatic carbocycles. The zero-order chi connectivity index (χ0) is 14.6. The van der Waals surface area contributed by atoms with Crippen molar-refractivity contribution < 1.29 is 9.53 Å². The van der Waals surface area contributed by atoms with E-state index < -0.39 is 5.54 Å². The minimum absolute atomic E-state index is 0.267. The van der Waals surface area contributed by atoms with Crippen molar-refractivity contribution in [1.29, 1.82) is 0 Å². The van der Waals surface area contributed by atoms with Crippen molar-refractivity contribution in [3.8, 4) is 0 Å². The quantitative estimate of drug-likeness (QED) is 0.760. The van der Waals surface area contributed by atoms with E-state index in [1.54, 1.807) is 6.92 Å². The fourth-order valence-corrected chi connectivity index (χ4v) is 3.83. The molecule has 0 aromatic rings. The summed E-state index contributed by atoms with van der Waals surface area (Å²) in [6, 6.07) is 0.801. The molecule has 1 aliphatic heterocycles. The van der Waals surface area contributed by atoms with Gasteiger partial charge in [0.2, 0.25) is 0 Å². The monoisotopic (exact) mass is 282 g/mol. The Hall–Kier alpha value is -0.610. The Bertz CT molecular complexity index is 330. The van der Waals surface area contributed by atoms with Gasteiger partial charge in [0, 0.05) is 6.04 Å². The molecular weight excluding hydrogens is 252 g/mol. The lowest BCUT2D eigenvalue weighted by Gasteiger charge is -2.32. The Balaban J connectivity index is 1.74. The van der Waals surface area contributed by atoms with Gasteiger partial charge in [0.25, 0.3) is 0 Å². The van der Waals surface area contributed by atoms with Gasteiger partial charge in [-0.2, -0.15) is 0 Å². The Labute approximate surface area is 123 Å². The van der Waals surface area contributed by atoms with Crippen LogP contribution in [0, 0.1) is 5.92 Å². The third-order valence-electron chi connectivity index (χ3n) is 5.01. The first-order valence-corrected chi connectivity index (χ1v) is 8.24. The predicted molar refractivity (Wildman–Crippen MR) is 80.4 cm³/mol. The zero-order valence-corrected chi connectivity index (χ0v) is 13.1. The molecule has 0 radical (unpaired) electrons. The molecule has 1 aliphatic carbocycles. The summed E-state index contributed by atoms with van der Waals surface area (Å²) in [4.78, 5) is 14.4. The minimum atomic E-state index is -0.832. The van der Waals surface area contributed by atoms with Crippen LogP contribution in [0.1, 0.15) is 58.8 Å². The number of hydrogen-bond acceptors (Lipinski definition) is 4. The van der Waals surface area contributed by atoms with Crippen molar-refractivity contribution in [2.45, 2.75) is 70.4 Å². The average Bonchev–Trinajstić information content (AvgIpc) is 2.82. The van der Waals surface area contributed by atoms with Crippen molar-refractivity contribution >= 4 is 5.97 Å². The highest BCUT2D eigenvalue weighted by molar-refractivity contribution is 5.79. The van der Waals surface area contributed by atoms with E-state index in [0.29, 0.717) is 13.0 Å². The van der Waals surface area contributed by atoms with Crippen molar-refractivity contribution in [3.63, 3.8) is 0 Å². The lowest BCUT2D eigenvalue weighted by atomic mass is 9.85. The van der Waals surface area contributed by atoms with Crippen molar-refractivity contribution in [1.82, 2.24) is 4.90 Å². The molecule has 1 saturated carbocycles. The third kappa shape index (κ3) is 3.73. The van der Waals surface area contributed by atoms with E-state index in [-0.39, 0.29) is 5.97 Å². The Kier molecular flexibility index (Phi) is 5.44. The van der Waals surface area contributed by atoms with Gasteiger partial charge >= 0.3 is 5.97 Å². The summed E-state index contributed by atoms with van der Waals surface area (Å²) in [6.07, 6.45) is 8.63. The smallest absolute Gasteiger partial charge is 0.325 e. The van der Waals surface area contributed by atoms with Gasteiger partial charge in [0.15, 0.2) is 0 Å². The Morgan fingerprint density at radius 2 is 2.10 bits per heavy atom. The molecule has 0 amide bonds. The largest absolute Gasteiger partial charge is 0.465 e. The first-order chi connectivity index (χ1) is 9.54. The second-order valence-electron chi connectivity index (χ2n) is 6.68. The van der Waals surface area contributed by atoms with Crippen LogP contribution in [-0.4, -0.2) is 42.1 Å². The van der Waals surface area contributed by atoms with Crippen LogP contribution in [0.2, 0.25) is 0 Å². The van der Waals surface area contributed by atoms with Gasteiger partial charge in [0.1, 0.15) is 5.54 Å². The SMILES string of the molecule is CCOC(=O)C(C)(N)CCCN1CCC2CCCCC21. The number of nitrogens with zero attached hydrogens (tertiary/aromatic N) is 1. The van der Waals surface area contributed by atoms with Crippen LogP contribution in [-0.2, 0) is 9.53 Å². The average molecular weight is 282 g/mol. The van der Waals surface area contributed by atoms with Gasteiger partial charge < -0.3 is 15.4 Å². The number of hydrogen-bond donors (Lipinski definition) is 1. The highest BCUT2D eigenvalue weighted by atomic mass is 16.5. The minimum Gasteiger partial charge on any atom is -0.465 e. The number of carbonyl (C=O) groups excluding carboxylic acids is 1. The highest BCUT2D eigenvalue weighted by Gasteiger charge is 2.36. The molecule has 4 heteroatoms. The van der Waals surface area contributed by atoms with Gasteiger partial charge in [-0.05, 0) is 65.0 Å². The molecule has 0 spiro atoms. The summed E-state index contributed by atoms with van der Waals surface area (Å²) in [7, 11) is 0. The molecule has 0 aromatic heterocycles. The van der Waals surface area contributed by atoms with E-state index in [1.165, 1.54) is 38.6 Å². The Morgan fingerprint density at radius 1 is 1.35 bits per heavy atom. The van der Waals surface area contributed by atoms with Crippen LogP contribution in [0.25, 0.3) is 0 Å². The van der Waals surface area contributed by atoms with Gasteiger partial charge in [-0.25, -0.2) is 0 Å². The highest BCUT2D eigenvalue weighted by Crippen LogP contribution is 2.36. The van der Waals surface area contributed by atoms with Crippen LogP contribution in [0.3, 0.4) is 0 Å². The molecule has 116 valence electrons. The van der Waals surface area contributed by atoms with Crippen LogP contribution in [0.5, 0.6) is 0 Å². The normalized spacial score (nSPS) is 29.8. The fraction of sp³-hybridized carbons (Fsp3) is 0.938. The van der Waals surface area contributed by atoms with Gasteiger partial charge in [0.05, 0.1) is 6.61 Å².